The monoisotopic (exact) mass is 202 g/mol. The van der Waals surface area contributed by atoms with Gasteiger partial charge in [-0.15, -0.1) is 0 Å². The number of carbonyl (C=O) groups is 2. The molecule has 15 heavy (non-hydrogen) atoms. The number of ketones is 2. The van der Waals surface area contributed by atoms with Crippen molar-refractivity contribution in [1.29, 1.82) is 0 Å². The Morgan fingerprint density at radius 3 is 2.67 bits per heavy atom. The SMILES string of the molecule is Cc1ccccc1C(=O)C1CCCC1=O. The van der Waals surface area contributed by atoms with Crippen LogP contribution in [0.5, 0.6) is 0 Å². The first-order valence-electron chi connectivity index (χ1n) is 5.32. The largest absolute Gasteiger partial charge is 0.299 e. The van der Waals surface area contributed by atoms with Crippen LogP contribution in [0, 0.1) is 12.8 Å². The molecule has 1 saturated carbocycles. The van der Waals surface area contributed by atoms with Gasteiger partial charge < -0.3 is 0 Å². The molecule has 0 radical (unpaired) electrons. The molecule has 0 bridgehead atoms. The van der Waals surface area contributed by atoms with E-state index in [0.717, 1.165) is 18.4 Å². The average Bonchev–Trinajstić information content (AvgIpc) is 2.64. The van der Waals surface area contributed by atoms with E-state index in [-0.39, 0.29) is 17.5 Å². The van der Waals surface area contributed by atoms with E-state index in [1.807, 2.05) is 31.2 Å². The minimum Gasteiger partial charge on any atom is -0.299 e. The predicted octanol–water partition coefficient (Wildman–Crippen LogP) is 2.55. The van der Waals surface area contributed by atoms with E-state index in [1.165, 1.54) is 0 Å². The molecule has 2 nitrogen and oxygen atoms in total. The maximum atomic E-state index is 12.1. The second-order valence-electron chi connectivity index (χ2n) is 4.09. The van der Waals surface area contributed by atoms with E-state index >= 15 is 0 Å². The summed E-state index contributed by atoms with van der Waals surface area (Å²) in [6.45, 7) is 1.91. The Morgan fingerprint density at radius 2 is 2.07 bits per heavy atom. The van der Waals surface area contributed by atoms with Crippen molar-refractivity contribution in [3.05, 3.63) is 35.4 Å². The van der Waals surface area contributed by atoms with Crippen LogP contribution in [0.2, 0.25) is 0 Å². The fourth-order valence-electron chi connectivity index (χ4n) is 2.13. The molecule has 1 atom stereocenters. The molecule has 2 rings (SSSR count). The molecule has 0 heterocycles. The summed E-state index contributed by atoms with van der Waals surface area (Å²) in [4.78, 5) is 23.5. The van der Waals surface area contributed by atoms with E-state index in [9.17, 15) is 9.59 Å². The minimum absolute atomic E-state index is 0.00981. The highest BCUT2D eigenvalue weighted by atomic mass is 16.2. The van der Waals surface area contributed by atoms with Crippen LogP contribution in [0.25, 0.3) is 0 Å². The van der Waals surface area contributed by atoms with Crippen LogP contribution < -0.4 is 0 Å². The van der Waals surface area contributed by atoms with Gasteiger partial charge in [0.15, 0.2) is 5.78 Å². The maximum Gasteiger partial charge on any atom is 0.173 e. The highest BCUT2D eigenvalue weighted by Crippen LogP contribution is 2.26. The number of carbonyl (C=O) groups excluding carboxylic acids is 2. The summed E-state index contributed by atoms with van der Waals surface area (Å²) in [6, 6.07) is 7.47. The zero-order valence-corrected chi connectivity index (χ0v) is 8.82. The van der Waals surface area contributed by atoms with Crippen LogP contribution in [0.15, 0.2) is 24.3 Å². The van der Waals surface area contributed by atoms with Gasteiger partial charge in [0.25, 0.3) is 0 Å². The smallest absolute Gasteiger partial charge is 0.173 e. The summed E-state index contributed by atoms with van der Waals surface area (Å²) >= 11 is 0. The Morgan fingerprint density at radius 1 is 1.33 bits per heavy atom. The normalized spacial score (nSPS) is 20.6. The van der Waals surface area contributed by atoms with Crippen LogP contribution in [0.1, 0.15) is 35.2 Å². The van der Waals surface area contributed by atoms with Gasteiger partial charge >= 0.3 is 0 Å². The van der Waals surface area contributed by atoms with Crippen LogP contribution in [-0.4, -0.2) is 11.6 Å². The van der Waals surface area contributed by atoms with Crippen molar-refractivity contribution in [3.63, 3.8) is 0 Å². The molecular weight excluding hydrogens is 188 g/mol. The summed E-state index contributed by atoms with van der Waals surface area (Å²) in [6.07, 6.45) is 2.16. The van der Waals surface area contributed by atoms with Gasteiger partial charge in [-0.3, -0.25) is 9.59 Å². The van der Waals surface area contributed by atoms with Gasteiger partial charge in [-0.2, -0.15) is 0 Å². The quantitative estimate of drug-likeness (QED) is 0.545. The van der Waals surface area contributed by atoms with E-state index in [1.54, 1.807) is 0 Å². The predicted molar refractivity (Wildman–Crippen MR) is 57.9 cm³/mol. The third-order valence-electron chi connectivity index (χ3n) is 3.03. The van der Waals surface area contributed by atoms with Crippen molar-refractivity contribution >= 4 is 11.6 Å². The Balaban J connectivity index is 2.28. The van der Waals surface area contributed by atoms with Gasteiger partial charge in [-0.05, 0) is 25.3 Å². The molecule has 0 amide bonds. The Bertz CT molecular complexity index is 407. The second-order valence-corrected chi connectivity index (χ2v) is 4.09. The van der Waals surface area contributed by atoms with Crippen molar-refractivity contribution in [2.24, 2.45) is 5.92 Å². The molecule has 78 valence electrons. The highest BCUT2D eigenvalue weighted by molar-refractivity contribution is 6.12. The molecule has 0 aliphatic heterocycles. The number of Topliss-reactive ketones (excluding diaryl/α,β-unsaturated/α-hetero) is 2. The molecule has 0 N–H and O–H groups in total. The zero-order chi connectivity index (χ0) is 10.8. The molecule has 1 unspecified atom stereocenters. The molecule has 0 saturated heterocycles. The molecule has 0 spiro atoms. The number of hydrogen-bond acceptors (Lipinski definition) is 2. The Kier molecular flexibility index (Phi) is 2.67. The summed E-state index contributed by atoms with van der Waals surface area (Å²) < 4.78 is 0. The first kappa shape index (κ1) is 10.1. The molecular formula is C13H14O2. The molecule has 1 aromatic carbocycles. The van der Waals surface area contributed by atoms with Crippen LogP contribution in [0.3, 0.4) is 0 Å². The van der Waals surface area contributed by atoms with Crippen LogP contribution in [-0.2, 0) is 4.79 Å². The molecule has 1 fully saturated rings. The van der Waals surface area contributed by atoms with Crippen molar-refractivity contribution in [2.75, 3.05) is 0 Å². The summed E-state index contributed by atoms with van der Waals surface area (Å²) in [7, 11) is 0. The first-order chi connectivity index (χ1) is 7.20. The Hall–Kier alpha value is -1.44. The molecule has 1 aromatic rings. The number of aryl methyl sites for hydroxylation is 1. The van der Waals surface area contributed by atoms with Crippen molar-refractivity contribution in [1.82, 2.24) is 0 Å². The molecule has 2 heteroatoms. The molecule has 1 aliphatic carbocycles. The maximum absolute atomic E-state index is 12.1. The molecule has 1 aliphatic rings. The lowest BCUT2D eigenvalue weighted by Crippen LogP contribution is -2.19. The van der Waals surface area contributed by atoms with E-state index in [4.69, 9.17) is 0 Å². The lowest BCUT2D eigenvalue weighted by Gasteiger charge is -2.08. The Labute approximate surface area is 89.3 Å². The fourth-order valence-corrected chi connectivity index (χ4v) is 2.13. The summed E-state index contributed by atoms with van der Waals surface area (Å²) in [5, 5.41) is 0. The summed E-state index contributed by atoms with van der Waals surface area (Å²) in [5.74, 6) is -0.245. The fraction of sp³-hybridized carbons (Fsp3) is 0.385. The third-order valence-corrected chi connectivity index (χ3v) is 3.03. The molecule has 0 aromatic heterocycles. The number of benzene rings is 1. The third kappa shape index (κ3) is 1.84. The van der Waals surface area contributed by atoms with E-state index in [2.05, 4.69) is 0 Å². The average molecular weight is 202 g/mol. The lowest BCUT2D eigenvalue weighted by molar-refractivity contribution is -0.119. The highest BCUT2D eigenvalue weighted by Gasteiger charge is 2.31. The number of rotatable bonds is 2. The lowest BCUT2D eigenvalue weighted by atomic mass is 9.93. The second kappa shape index (κ2) is 3.97. The zero-order valence-electron chi connectivity index (χ0n) is 8.82. The summed E-state index contributed by atoms with van der Waals surface area (Å²) in [5.41, 5.74) is 1.67. The van der Waals surface area contributed by atoms with E-state index < -0.39 is 0 Å². The van der Waals surface area contributed by atoms with Crippen molar-refractivity contribution < 1.29 is 9.59 Å². The van der Waals surface area contributed by atoms with Gasteiger partial charge in [0.05, 0.1) is 5.92 Å². The first-order valence-corrected chi connectivity index (χ1v) is 5.32. The van der Waals surface area contributed by atoms with Gasteiger partial charge in [-0.25, -0.2) is 0 Å². The van der Waals surface area contributed by atoms with E-state index in [0.29, 0.717) is 12.0 Å². The van der Waals surface area contributed by atoms with Gasteiger partial charge in [0, 0.05) is 12.0 Å². The van der Waals surface area contributed by atoms with Crippen molar-refractivity contribution in [3.8, 4) is 0 Å². The van der Waals surface area contributed by atoms with Gasteiger partial charge in [0.2, 0.25) is 0 Å². The van der Waals surface area contributed by atoms with Gasteiger partial charge in [-0.1, -0.05) is 24.3 Å². The van der Waals surface area contributed by atoms with Gasteiger partial charge in [0.1, 0.15) is 5.78 Å². The van der Waals surface area contributed by atoms with Crippen LogP contribution in [0.4, 0.5) is 0 Å². The standard InChI is InChI=1S/C13H14O2/c1-9-5-2-3-6-10(9)13(15)11-7-4-8-12(11)14/h2-3,5-6,11H,4,7-8H2,1H3. The topological polar surface area (TPSA) is 34.1 Å². The minimum atomic E-state index is -0.369. The number of hydrogen-bond donors (Lipinski definition) is 0. The van der Waals surface area contributed by atoms with Crippen LogP contribution >= 0.6 is 0 Å². The van der Waals surface area contributed by atoms with Crippen molar-refractivity contribution in [2.45, 2.75) is 26.2 Å².